The maximum atomic E-state index is 13.0. The average Bonchev–Trinajstić information content (AvgIpc) is 3.65. The number of benzene rings is 2. The number of piperidine rings is 1. The number of ether oxygens (including phenoxy) is 1. The quantitative estimate of drug-likeness (QED) is 0.382. The molecular weight excluding hydrogens is 511 g/mol. The third-order valence-corrected chi connectivity index (χ3v) is 9.05. The second kappa shape index (κ2) is 10.6. The Bertz CT molecular complexity index is 1190. The van der Waals surface area contributed by atoms with E-state index >= 15 is 0 Å². The molecule has 3 fully saturated rings. The molecule has 3 atom stereocenters. The molecule has 2 aromatic rings. The van der Waals surface area contributed by atoms with Crippen LogP contribution in [0.5, 0.6) is 5.75 Å². The van der Waals surface area contributed by atoms with Gasteiger partial charge in [-0.1, -0.05) is 41.4 Å². The number of likely N-dealkylation sites (tertiary alicyclic amines) is 1. The summed E-state index contributed by atoms with van der Waals surface area (Å²) in [6.45, 7) is 3.93. The molecule has 2 aliphatic carbocycles. The highest BCUT2D eigenvalue weighted by atomic mass is 35.5. The van der Waals surface area contributed by atoms with Crippen LogP contribution in [0.4, 0.5) is 0 Å². The fraction of sp³-hybridized carbons (Fsp3) is 0.517. The number of carbonyl (C=O) groups excluding carboxylic acids is 2. The summed E-state index contributed by atoms with van der Waals surface area (Å²) in [6, 6.07) is 12.7. The molecule has 2 N–H and O–H groups in total. The largest absolute Gasteiger partial charge is 0.427 e. The molecule has 5 rings (SSSR count). The Morgan fingerprint density at radius 3 is 2.65 bits per heavy atom. The van der Waals surface area contributed by atoms with Gasteiger partial charge in [-0.2, -0.15) is 0 Å². The number of β-amino-alcohol motifs (C(OH)–C–C–N with tert-alkyl or cyclic N) is 1. The molecule has 2 aromatic carbocycles. The maximum absolute atomic E-state index is 13.0. The second-order valence-electron chi connectivity index (χ2n) is 11.1. The van der Waals surface area contributed by atoms with Gasteiger partial charge in [0.2, 0.25) is 5.91 Å². The van der Waals surface area contributed by atoms with E-state index < -0.39 is 11.0 Å². The lowest BCUT2D eigenvalue weighted by Gasteiger charge is -2.58. The summed E-state index contributed by atoms with van der Waals surface area (Å²) in [5.41, 5.74) is 0.280. The van der Waals surface area contributed by atoms with Gasteiger partial charge in [0.05, 0.1) is 22.1 Å². The number of aliphatic hydroxyl groups is 1. The third kappa shape index (κ3) is 5.83. The zero-order valence-electron chi connectivity index (χ0n) is 21.1. The maximum Gasteiger partial charge on any atom is 0.308 e. The molecule has 1 aliphatic heterocycles. The van der Waals surface area contributed by atoms with Crippen molar-refractivity contribution >= 4 is 35.1 Å². The van der Waals surface area contributed by atoms with Crippen LogP contribution in [-0.2, 0) is 21.4 Å². The van der Waals surface area contributed by atoms with Gasteiger partial charge >= 0.3 is 5.97 Å². The van der Waals surface area contributed by atoms with Gasteiger partial charge in [0, 0.05) is 31.5 Å². The summed E-state index contributed by atoms with van der Waals surface area (Å²) in [5.74, 6) is 0.775. The number of carbonyl (C=O) groups is 2. The molecule has 37 heavy (non-hydrogen) atoms. The van der Waals surface area contributed by atoms with Crippen molar-refractivity contribution < 1.29 is 19.4 Å². The molecule has 0 spiro atoms. The van der Waals surface area contributed by atoms with E-state index in [1.54, 1.807) is 18.2 Å². The van der Waals surface area contributed by atoms with Crippen molar-refractivity contribution in [3.63, 3.8) is 0 Å². The number of amides is 1. The van der Waals surface area contributed by atoms with Crippen LogP contribution in [0.25, 0.3) is 0 Å². The normalized spacial score (nSPS) is 27.8. The predicted octanol–water partition coefficient (Wildman–Crippen LogP) is 4.91. The van der Waals surface area contributed by atoms with Gasteiger partial charge in [-0.05, 0) is 86.4 Å². The number of rotatable bonds is 7. The van der Waals surface area contributed by atoms with Gasteiger partial charge in [0.1, 0.15) is 5.75 Å². The van der Waals surface area contributed by atoms with E-state index in [4.69, 9.17) is 27.9 Å². The molecule has 0 aromatic heterocycles. The molecule has 3 aliphatic rings. The van der Waals surface area contributed by atoms with E-state index in [0.717, 1.165) is 36.6 Å². The van der Waals surface area contributed by atoms with Gasteiger partial charge in [0.15, 0.2) is 0 Å². The summed E-state index contributed by atoms with van der Waals surface area (Å²) in [5, 5.41) is 16.3. The first-order chi connectivity index (χ1) is 17.7. The van der Waals surface area contributed by atoms with Crippen LogP contribution in [0.2, 0.25) is 10.0 Å². The van der Waals surface area contributed by atoms with Crippen LogP contribution >= 0.6 is 23.2 Å². The molecular formula is C29H34Cl2N2O4. The summed E-state index contributed by atoms with van der Waals surface area (Å²) in [6.07, 6.45) is 5.45. The van der Waals surface area contributed by atoms with Crippen molar-refractivity contribution in [2.24, 2.45) is 5.92 Å². The molecule has 6 nitrogen and oxygen atoms in total. The zero-order valence-corrected chi connectivity index (χ0v) is 22.7. The van der Waals surface area contributed by atoms with Crippen LogP contribution in [0, 0.1) is 5.92 Å². The van der Waals surface area contributed by atoms with E-state index in [1.165, 1.54) is 19.8 Å². The number of hydrogen-bond donors (Lipinski definition) is 2. The molecule has 2 saturated carbocycles. The Balaban J connectivity index is 1.38. The van der Waals surface area contributed by atoms with E-state index in [9.17, 15) is 14.7 Å². The lowest BCUT2D eigenvalue weighted by Crippen LogP contribution is -2.67. The van der Waals surface area contributed by atoms with Crippen molar-refractivity contribution in [1.29, 1.82) is 0 Å². The molecule has 0 bridgehead atoms. The van der Waals surface area contributed by atoms with E-state index in [2.05, 4.69) is 10.2 Å². The Morgan fingerprint density at radius 2 is 1.92 bits per heavy atom. The highest BCUT2D eigenvalue weighted by Gasteiger charge is 2.58. The Kier molecular flexibility index (Phi) is 7.56. The number of esters is 1. The van der Waals surface area contributed by atoms with E-state index in [-0.39, 0.29) is 24.3 Å². The van der Waals surface area contributed by atoms with Crippen LogP contribution < -0.4 is 10.1 Å². The molecule has 2 unspecified atom stereocenters. The predicted molar refractivity (Wildman–Crippen MR) is 144 cm³/mol. The Hall–Kier alpha value is -2.12. The number of nitrogens with zero attached hydrogens (tertiary/aromatic N) is 1. The molecule has 1 saturated heterocycles. The average molecular weight is 546 g/mol. The first-order valence-electron chi connectivity index (χ1n) is 13.1. The van der Waals surface area contributed by atoms with Crippen molar-refractivity contribution in [3.05, 3.63) is 63.6 Å². The SMILES string of the molecule is CC(=O)Oc1cccc(C23CCN(CC4CC4)CC2(O)CC[C@@H](NC(=O)Cc2ccc(Cl)c(Cl)c2)C3)c1. The minimum Gasteiger partial charge on any atom is -0.427 e. The second-order valence-corrected chi connectivity index (χ2v) is 11.9. The molecule has 198 valence electrons. The first kappa shape index (κ1) is 26.5. The lowest BCUT2D eigenvalue weighted by atomic mass is 9.55. The molecule has 8 heteroatoms. The van der Waals surface area contributed by atoms with E-state index in [1.807, 2.05) is 24.3 Å². The first-order valence-corrected chi connectivity index (χ1v) is 13.9. The summed E-state index contributed by atoms with van der Waals surface area (Å²) in [7, 11) is 0. The standard InChI is InChI=1S/C29H34Cl2N2O4/c1-19(34)37-24-4-2-3-22(15-24)28-11-12-33(17-20-5-6-20)18-29(28,36)10-9-23(16-28)32-27(35)14-21-7-8-25(30)26(31)13-21/h2-4,7-8,13,15,20,23,36H,5-6,9-12,14,16-18H2,1H3,(H,32,35)/t23-,28?,29?/m1/s1. The number of fused-ring (bicyclic) bond motifs is 1. The van der Waals surface area contributed by atoms with E-state index in [0.29, 0.717) is 41.6 Å². The number of nitrogens with one attached hydrogen (secondary N) is 1. The topological polar surface area (TPSA) is 78.9 Å². The van der Waals surface area contributed by atoms with Crippen molar-refractivity contribution in [1.82, 2.24) is 10.2 Å². The van der Waals surface area contributed by atoms with Gasteiger partial charge in [-0.3, -0.25) is 9.59 Å². The van der Waals surface area contributed by atoms with Gasteiger partial charge in [-0.15, -0.1) is 0 Å². The highest BCUT2D eigenvalue weighted by molar-refractivity contribution is 6.42. The fourth-order valence-corrected chi connectivity index (χ4v) is 6.66. The minimum atomic E-state index is -0.931. The van der Waals surface area contributed by atoms with Crippen LogP contribution in [0.1, 0.15) is 56.6 Å². The Morgan fingerprint density at radius 1 is 1.11 bits per heavy atom. The van der Waals surface area contributed by atoms with Crippen LogP contribution in [0.3, 0.4) is 0 Å². The fourth-order valence-electron chi connectivity index (χ4n) is 6.34. The van der Waals surface area contributed by atoms with Crippen molar-refractivity contribution in [3.8, 4) is 5.75 Å². The number of halogens is 2. The monoisotopic (exact) mass is 544 g/mol. The highest BCUT2D eigenvalue weighted by Crippen LogP contribution is 2.52. The third-order valence-electron chi connectivity index (χ3n) is 8.31. The molecule has 0 radical (unpaired) electrons. The van der Waals surface area contributed by atoms with Crippen molar-refractivity contribution in [2.75, 3.05) is 19.6 Å². The summed E-state index contributed by atoms with van der Waals surface area (Å²) in [4.78, 5) is 27.0. The molecule has 1 heterocycles. The molecule has 1 amide bonds. The van der Waals surface area contributed by atoms with Gasteiger partial charge < -0.3 is 20.1 Å². The van der Waals surface area contributed by atoms with Crippen LogP contribution in [0.15, 0.2) is 42.5 Å². The summed E-state index contributed by atoms with van der Waals surface area (Å²) < 4.78 is 5.39. The van der Waals surface area contributed by atoms with Gasteiger partial charge in [-0.25, -0.2) is 0 Å². The van der Waals surface area contributed by atoms with Crippen molar-refractivity contribution in [2.45, 2.75) is 68.9 Å². The summed E-state index contributed by atoms with van der Waals surface area (Å²) >= 11 is 12.1. The number of hydrogen-bond acceptors (Lipinski definition) is 5. The Labute approximate surface area is 228 Å². The lowest BCUT2D eigenvalue weighted by molar-refractivity contribution is -0.134. The minimum absolute atomic E-state index is 0.0798. The van der Waals surface area contributed by atoms with Crippen LogP contribution in [-0.4, -0.2) is 53.2 Å². The zero-order chi connectivity index (χ0) is 26.2. The smallest absolute Gasteiger partial charge is 0.308 e. The van der Waals surface area contributed by atoms with Gasteiger partial charge in [0.25, 0.3) is 0 Å².